The van der Waals surface area contributed by atoms with E-state index in [-0.39, 0.29) is 6.42 Å². The lowest BCUT2D eigenvalue weighted by atomic mass is 10.0. The summed E-state index contributed by atoms with van der Waals surface area (Å²) in [5.41, 5.74) is 2.53. The van der Waals surface area contributed by atoms with Crippen LogP contribution in [0.5, 0.6) is 0 Å². The zero-order chi connectivity index (χ0) is 17.5. The predicted molar refractivity (Wildman–Crippen MR) is 99.1 cm³/mol. The van der Waals surface area contributed by atoms with Gasteiger partial charge in [0.15, 0.2) is 0 Å². The molecule has 0 saturated heterocycles. The molecule has 4 heteroatoms. The Hall–Kier alpha value is -2.72. The summed E-state index contributed by atoms with van der Waals surface area (Å²) in [7, 11) is 0. The van der Waals surface area contributed by atoms with Crippen molar-refractivity contribution in [3.63, 3.8) is 0 Å². The van der Waals surface area contributed by atoms with Gasteiger partial charge in [-0.05, 0) is 16.7 Å². The molecule has 126 valence electrons. The lowest BCUT2D eigenvalue weighted by Crippen LogP contribution is -2.16. The Bertz CT molecular complexity index is 793. The van der Waals surface area contributed by atoms with Gasteiger partial charge in [-0.25, -0.2) is 4.21 Å². The van der Waals surface area contributed by atoms with Gasteiger partial charge in [0.1, 0.15) is 5.25 Å². The van der Waals surface area contributed by atoms with Gasteiger partial charge in [0.25, 0.3) is 0 Å². The molecule has 0 aromatic heterocycles. The minimum Gasteiger partial charge on any atom is -0.363 e. The first-order chi connectivity index (χ1) is 12.2. The summed E-state index contributed by atoms with van der Waals surface area (Å²) >= 11 is -1.81. The van der Waals surface area contributed by atoms with Gasteiger partial charge < -0.3 is 4.18 Å². The summed E-state index contributed by atoms with van der Waals surface area (Å²) in [5.74, 6) is -0.499. The highest BCUT2D eigenvalue weighted by molar-refractivity contribution is 7.81. The molecule has 0 bridgehead atoms. The van der Waals surface area contributed by atoms with Crippen LogP contribution in [0.1, 0.15) is 21.9 Å². The van der Waals surface area contributed by atoms with Crippen LogP contribution in [-0.4, -0.2) is 10.2 Å². The Kier molecular flexibility index (Phi) is 5.75. The van der Waals surface area contributed by atoms with E-state index < -0.39 is 22.3 Å². The third-order valence-corrected chi connectivity index (χ3v) is 5.04. The first kappa shape index (κ1) is 17.1. The number of carbonyl (C=O) groups is 1. The summed E-state index contributed by atoms with van der Waals surface area (Å²) in [6.07, 6.45) is 0.100. The fourth-order valence-corrected chi connectivity index (χ4v) is 3.70. The van der Waals surface area contributed by atoms with Crippen LogP contribution in [0.4, 0.5) is 0 Å². The van der Waals surface area contributed by atoms with Gasteiger partial charge >= 0.3 is 5.97 Å². The molecule has 0 radical (unpaired) electrons. The zero-order valence-electron chi connectivity index (χ0n) is 13.6. The number of carbonyl (C=O) groups excluding carboxylic acids is 1. The zero-order valence-corrected chi connectivity index (χ0v) is 14.4. The van der Waals surface area contributed by atoms with Gasteiger partial charge in [-0.1, -0.05) is 91.0 Å². The van der Waals surface area contributed by atoms with Gasteiger partial charge in [0.05, 0.1) is 6.42 Å². The smallest absolute Gasteiger partial charge is 0.324 e. The fraction of sp³-hybridized carbons (Fsp3) is 0.0952. The number of hydrogen-bond acceptors (Lipinski definition) is 3. The third kappa shape index (κ3) is 4.64. The molecular formula is C21H18O3S. The molecule has 0 aliphatic heterocycles. The second-order valence-electron chi connectivity index (χ2n) is 5.58. The van der Waals surface area contributed by atoms with Crippen LogP contribution < -0.4 is 0 Å². The van der Waals surface area contributed by atoms with E-state index in [9.17, 15) is 9.00 Å². The van der Waals surface area contributed by atoms with Crippen molar-refractivity contribution in [2.45, 2.75) is 11.7 Å². The van der Waals surface area contributed by atoms with E-state index in [0.29, 0.717) is 0 Å². The average Bonchev–Trinajstić information content (AvgIpc) is 2.64. The van der Waals surface area contributed by atoms with Crippen molar-refractivity contribution in [1.82, 2.24) is 0 Å². The van der Waals surface area contributed by atoms with Crippen molar-refractivity contribution in [2.75, 3.05) is 0 Å². The van der Waals surface area contributed by atoms with Crippen molar-refractivity contribution in [3.05, 3.63) is 108 Å². The van der Waals surface area contributed by atoms with Crippen molar-refractivity contribution >= 4 is 17.0 Å². The lowest BCUT2D eigenvalue weighted by Gasteiger charge is -2.16. The summed E-state index contributed by atoms with van der Waals surface area (Å²) < 4.78 is 18.1. The van der Waals surface area contributed by atoms with Crippen LogP contribution >= 0.6 is 0 Å². The molecule has 3 nitrogen and oxygen atoms in total. The third-order valence-electron chi connectivity index (χ3n) is 3.76. The highest BCUT2D eigenvalue weighted by Crippen LogP contribution is 2.28. The number of rotatable bonds is 6. The molecule has 0 amide bonds. The molecule has 25 heavy (non-hydrogen) atoms. The molecule has 3 aromatic carbocycles. The Morgan fingerprint density at radius 3 is 1.68 bits per heavy atom. The normalized spacial score (nSPS) is 11.9. The summed E-state index contributed by atoms with van der Waals surface area (Å²) in [6, 6.07) is 28.2. The van der Waals surface area contributed by atoms with Crippen LogP contribution in [0.2, 0.25) is 0 Å². The molecule has 0 aliphatic carbocycles. The average molecular weight is 350 g/mol. The van der Waals surface area contributed by atoms with Gasteiger partial charge in [-0.3, -0.25) is 4.79 Å². The van der Waals surface area contributed by atoms with Gasteiger partial charge in [0.2, 0.25) is 11.1 Å². The van der Waals surface area contributed by atoms with E-state index in [1.165, 1.54) is 0 Å². The standard InChI is InChI=1S/C21H18O3S/c22-20(16-17-10-4-1-5-11-17)24-25(23)21(18-12-6-2-7-13-18)19-14-8-3-9-15-19/h1-15,21H,16H2. The van der Waals surface area contributed by atoms with Gasteiger partial charge in [-0.2, -0.15) is 0 Å². The van der Waals surface area contributed by atoms with E-state index in [0.717, 1.165) is 16.7 Å². The van der Waals surface area contributed by atoms with E-state index in [4.69, 9.17) is 4.18 Å². The molecule has 0 spiro atoms. The van der Waals surface area contributed by atoms with Crippen LogP contribution in [0.15, 0.2) is 91.0 Å². The summed E-state index contributed by atoms with van der Waals surface area (Å²) in [5, 5.41) is -0.512. The van der Waals surface area contributed by atoms with Crippen LogP contribution in [0.3, 0.4) is 0 Å². The molecule has 1 atom stereocenters. The Morgan fingerprint density at radius 1 is 0.760 bits per heavy atom. The monoisotopic (exact) mass is 350 g/mol. The first-order valence-electron chi connectivity index (χ1n) is 7.99. The molecule has 0 fully saturated rings. The Balaban J connectivity index is 1.79. The highest BCUT2D eigenvalue weighted by atomic mass is 32.2. The van der Waals surface area contributed by atoms with Crippen LogP contribution in [-0.2, 0) is 26.5 Å². The van der Waals surface area contributed by atoms with E-state index in [2.05, 4.69) is 0 Å². The number of hydrogen-bond donors (Lipinski definition) is 0. The predicted octanol–water partition coefficient (Wildman–Crippen LogP) is 4.23. The van der Waals surface area contributed by atoms with Crippen molar-refractivity contribution in [1.29, 1.82) is 0 Å². The largest absolute Gasteiger partial charge is 0.363 e. The topological polar surface area (TPSA) is 43.4 Å². The quantitative estimate of drug-likeness (QED) is 0.668. The molecule has 0 heterocycles. The second-order valence-corrected chi connectivity index (χ2v) is 6.74. The second kappa shape index (κ2) is 8.40. The molecule has 3 aromatic rings. The maximum Gasteiger partial charge on any atom is 0.324 e. The fourth-order valence-electron chi connectivity index (χ4n) is 2.60. The van der Waals surface area contributed by atoms with E-state index >= 15 is 0 Å². The molecule has 0 N–H and O–H groups in total. The molecular weight excluding hydrogens is 332 g/mol. The maximum absolute atomic E-state index is 12.8. The van der Waals surface area contributed by atoms with E-state index in [1.54, 1.807) is 0 Å². The van der Waals surface area contributed by atoms with Crippen molar-refractivity contribution in [3.8, 4) is 0 Å². The SMILES string of the molecule is O=C(Cc1ccccc1)OS(=O)C(c1ccccc1)c1ccccc1. The number of benzene rings is 3. The maximum atomic E-state index is 12.8. The summed E-state index contributed by atoms with van der Waals surface area (Å²) in [6.45, 7) is 0. The Morgan fingerprint density at radius 2 is 1.20 bits per heavy atom. The lowest BCUT2D eigenvalue weighted by molar-refractivity contribution is -0.132. The first-order valence-corrected chi connectivity index (χ1v) is 9.13. The molecule has 0 aliphatic rings. The minimum atomic E-state index is -1.81. The molecule has 3 rings (SSSR count). The van der Waals surface area contributed by atoms with Gasteiger partial charge in [0, 0.05) is 0 Å². The minimum absolute atomic E-state index is 0.100. The Labute approximate surface area is 149 Å². The summed E-state index contributed by atoms with van der Waals surface area (Å²) in [4.78, 5) is 12.2. The van der Waals surface area contributed by atoms with Crippen molar-refractivity contribution < 1.29 is 13.2 Å². The van der Waals surface area contributed by atoms with Crippen LogP contribution in [0, 0.1) is 0 Å². The van der Waals surface area contributed by atoms with Crippen LogP contribution in [0.25, 0.3) is 0 Å². The van der Waals surface area contributed by atoms with Crippen molar-refractivity contribution in [2.24, 2.45) is 0 Å². The highest BCUT2D eigenvalue weighted by Gasteiger charge is 2.25. The molecule has 1 unspecified atom stereocenters. The molecule has 0 saturated carbocycles. The van der Waals surface area contributed by atoms with Gasteiger partial charge in [-0.15, -0.1) is 0 Å². The van der Waals surface area contributed by atoms with E-state index in [1.807, 2.05) is 91.0 Å².